The molecule has 0 unspecified atom stereocenters. The highest BCUT2D eigenvalue weighted by molar-refractivity contribution is 9.10. The minimum atomic E-state index is -0.229. The van der Waals surface area contributed by atoms with Crippen molar-refractivity contribution in [2.24, 2.45) is 0 Å². The fourth-order valence-corrected chi connectivity index (χ4v) is 3.73. The topological polar surface area (TPSA) is 32.8 Å². The average molecular weight is 421 g/mol. The SMILES string of the molecule is COc1ccc(CCC(=O)N2CCN(c3ccc(F)cc3)CC2)cc1Br. The molecule has 1 aliphatic heterocycles. The monoisotopic (exact) mass is 420 g/mol. The Labute approximate surface area is 161 Å². The number of carbonyl (C=O) groups is 1. The second kappa shape index (κ2) is 8.54. The van der Waals surface area contributed by atoms with Gasteiger partial charge >= 0.3 is 0 Å². The molecule has 0 atom stereocenters. The zero-order chi connectivity index (χ0) is 18.5. The van der Waals surface area contributed by atoms with E-state index in [9.17, 15) is 9.18 Å². The van der Waals surface area contributed by atoms with Crippen LogP contribution in [0.3, 0.4) is 0 Å². The number of hydrogen-bond acceptors (Lipinski definition) is 3. The van der Waals surface area contributed by atoms with Crippen LogP contribution in [-0.2, 0) is 11.2 Å². The fraction of sp³-hybridized carbons (Fsp3) is 0.350. The Bertz CT molecular complexity index is 759. The van der Waals surface area contributed by atoms with E-state index in [2.05, 4.69) is 20.8 Å². The standard InChI is InChI=1S/C20H22BrFN2O2/c1-26-19-8-2-15(14-18(19)21)3-9-20(25)24-12-10-23(11-13-24)17-6-4-16(22)5-7-17/h2,4-8,14H,3,9-13H2,1H3. The molecule has 1 fully saturated rings. The van der Waals surface area contributed by atoms with Gasteiger partial charge in [-0.05, 0) is 64.3 Å². The molecule has 26 heavy (non-hydrogen) atoms. The number of rotatable bonds is 5. The molecule has 0 N–H and O–H groups in total. The summed E-state index contributed by atoms with van der Waals surface area (Å²) in [5.74, 6) is 0.737. The molecule has 0 aliphatic carbocycles. The number of piperazine rings is 1. The fourth-order valence-electron chi connectivity index (χ4n) is 3.14. The maximum absolute atomic E-state index is 13.0. The van der Waals surface area contributed by atoms with E-state index >= 15 is 0 Å². The van der Waals surface area contributed by atoms with Crippen molar-refractivity contribution in [3.05, 3.63) is 58.3 Å². The third-order valence-electron chi connectivity index (χ3n) is 4.67. The Kier molecular flexibility index (Phi) is 6.14. The van der Waals surface area contributed by atoms with Crippen LogP contribution in [-0.4, -0.2) is 44.1 Å². The Morgan fingerprint density at radius 3 is 2.42 bits per heavy atom. The van der Waals surface area contributed by atoms with Gasteiger partial charge in [0.25, 0.3) is 0 Å². The van der Waals surface area contributed by atoms with Gasteiger partial charge in [0.1, 0.15) is 11.6 Å². The summed E-state index contributed by atoms with van der Waals surface area (Å²) in [6.07, 6.45) is 1.20. The lowest BCUT2D eigenvalue weighted by molar-refractivity contribution is -0.131. The summed E-state index contributed by atoms with van der Waals surface area (Å²) >= 11 is 3.47. The number of ether oxygens (including phenoxy) is 1. The molecule has 0 saturated carbocycles. The molecule has 0 radical (unpaired) electrons. The molecule has 6 heteroatoms. The molecule has 2 aromatic rings. The number of anilines is 1. The minimum absolute atomic E-state index is 0.177. The molecule has 1 heterocycles. The minimum Gasteiger partial charge on any atom is -0.496 e. The van der Waals surface area contributed by atoms with Gasteiger partial charge in [0.2, 0.25) is 5.91 Å². The normalized spacial score (nSPS) is 14.4. The predicted octanol–water partition coefficient (Wildman–Crippen LogP) is 3.88. The van der Waals surface area contributed by atoms with Crippen molar-refractivity contribution in [1.82, 2.24) is 4.90 Å². The van der Waals surface area contributed by atoms with Crippen molar-refractivity contribution in [3.63, 3.8) is 0 Å². The lowest BCUT2D eigenvalue weighted by Gasteiger charge is -2.36. The summed E-state index contributed by atoms with van der Waals surface area (Å²) in [5, 5.41) is 0. The van der Waals surface area contributed by atoms with Crippen molar-refractivity contribution in [3.8, 4) is 5.75 Å². The first-order valence-corrected chi connectivity index (χ1v) is 9.47. The largest absolute Gasteiger partial charge is 0.496 e. The van der Waals surface area contributed by atoms with E-state index in [1.54, 1.807) is 19.2 Å². The molecule has 0 spiro atoms. The van der Waals surface area contributed by atoms with Crippen molar-refractivity contribution in [2.45, 2.75) is 12.8 Å². The maximum Gasteiger partial charge on any atom is 0.223 e. The zero-order valence-corrected chi connectivity index (χ0v) is 16.3. The highest BCUT2D eigenvalue weighted by Gasteiger charge is 2.21. The summed E-state index contributed by atoms with van der Waals surface area (Å²) in [4.78, 5) is 16.6. The molecule has 138 valence electrons. The Hall–Kier alpha value is -2.08. The smallest absolute Gasteiger partial charge is 0.223 e. The Morgan fingerprint density at radius 2 is 1.81 bits per heavy atom. The van der Waals surface area contributed by atoms with Crippen LogP contribution in [0.1, 0.15) is 12.0 Å². The van der Waals surface area contributed by atoms with Gasteiger partial charge in [0, 0.05) is 38.3 Å². The summed E-state index contributed by atoms with van der Waals surface area (Å²) < 4.78 is 19.2. The van der Waals surface area contributed by atoms with Crippen LogP contribution >= 0.6 is 15.9 Å². The molecular formula is C20H22BrFN2O2. The molecule has 4 nitrogen and oxygen atoms in total. The highest BCUT2D eigenvalue weighted by Crippen LogP contribution is 2.26. The third-order valence-corrected chi connectivity index (χ3v) is 5.29. The van der Waals surface area contributed by atoms with Gasteiger partial charge in [0.15, 0.2) is 0 Å². The van der Waals surface area contributed by atoms with Gasteiger partial charge in [-0.3, -0.25) is 4.79 Å². The van der Waals surface area contributed by atoms with Gasteiger partial charge in [-0.2, -0.15) is 0 Å². The van der Waals surface area contributed by atoms with Crippen molar-refractivity contribution in [1.29, 1.82) is 0 Å². The number of amides is 1. The first-order chi connectivity index (χ1) is 12.6. The lowest BCUT2D eigenvalue weighted by Crippen LogP contribution is -2.48. The summed E-state index contributed by atoms with van der Waals surface area (Å²) in [6.45, 7) is 2.93. The van der Waals surface area contributed by atoms with Crippen LogP contribution in [0.25, 0.3) is 0 Å². The van der Waals surface area contributed by atoms with Gasteiger partial charge in [0.05, 0.1) is 11.6 Å². The van der Waals surface area contributed by atoms with Crippen molar-refractivity contribution in [2.75, 3.05) is 38.2 Å². The molecular weight excluding hydrogens is 399 g/mol. The van der Waals surface area contributed by atoms with Gasteiger partial charge in [-0.1, -0.05) is 6.07 Å². The number of halogens is 2. The second-order valence-electron chi connectivity index (χ2n) is 6.31. The summed E-state index contributed by atoms with van der Waals surface area (Å²) in [7, 11) is 1.63. The quantitative estimate of drug-likeness (QED) is 0.735. The average Bonchev–Trinajstić information content (AvgIpc) is 2.67. The number of aryl methyl sites for hydroxylation is 1. The number of benzene rings is 2. The first kappa shape index (κ1) is 18.7. The number of methoxy groups -OCH3 is 1. The molecule has 1 saturated heterocycles. The van der Waals surface area contributed by atoms with Gasteiger partial charge in [-0.25, -0.2) is 4.39 Å². The van der Waals surface area contributed by atoms with Crippen LogP contribution < -0.4 is 9.64 Å². The van der Waals surface area contributed by atoms with E-state index in [0.29, 0.717) is 25.9 Å². The molecule has 1 amide bonds. The van der Waals surface area contributed by atoms with Gasteiger partial charge in [-0.15, -0.1) is 0 Å². The highest BCUT2D eigenvalue weighted by atomic mass is 79.9. The third kappa shape index (κ3) is 4.55. The number of carbonyl (C=O) groups excluding carboxylic acids is 1. The van der Waals surface area contributed by atoms with Crippen LogP contribution in [0.4, 0.5) is 10.1 Å². The lowest BCUT2D eigenvalue weighted by atomic mass is 10.1. The number of nitrogens with zero attached hydrogens (tertiary/aromatic N) is 2. The van der Waals surface area contributed by atoms with Crippen molar-refractivity contribution >= 4 is 27.5 Å². The van der Waals surface area contributed by atoms with E-state index < -0.39 is 0 Å². The Balaban J connectivity index is 1.49. The van der Waals surface area contributed by atoms with E-state index in [4.69, 9.17) is 4.74 Å². The van der Waals surface area contributed by atoms with Gasteiger partial charge < -0.3 is 14.5 Å². The van der Waals surface area contributed by atoms with E-state index in [1.165, 1.54) is 12.1 Å². The van der Waals surface area contributed by atoms with E-state index in [-0.39, 0.29) is 11.7 Å². The molecule has 2 aromatic carbocycles. The van der Waals surface area contributed by atoms with Crippen LogP contribution in [0, 0.1) is 5.82 Å². The maximum atomic E-state index is 13.0. The second-order valence-corrected chi connectivity index (χ2v) is 7.17. The summed E-state index contributed by atoms with van der Waals surface area (Å²) in [6, 6.07) is 12.4. The van der Waals surface area contributed by atoms with Crippen molar-refractivity contribution < 1.29 is 13.9 Å². The van der Waals surface area contributed by atoms with Crippen LogP contribution in [0.2, 0.25) is 0 Å². The van der Waals surface area contributed by atoms with Crippen LogP contribution in [0.5, 0.6) is 5.75 Å². The molecule has 0 aromatic heterocycles. The molecule has 1 aliphatic rings. The zero-order valence-electron chi connectivity index (χ0n) is 14.8. The summed E-state index contributed by atoms with van der Waals surface area (Å²) in [5.41, 5.74) is 2.11. The number of hydrogen-bond donors (Lipinski definition) is 0. The molecule has 0 bridgehead atoms. The van der Waals surface area contributed by atoms with E-state index in [0.717, 1.165) is 34.6 Å². The predicted molar refractivity (Wildman–Crippen MR) is 104 cm³/mol. The van der Waals surface area contributed by atoms with E-state index in [1.807, 2.05) is 23.1 Å². The Morgan fingerprint density at radius 1 is 1.12 bits per heavy atom. The first-order valence-electron chi connectivity index (χ1n) is 8.67. The van der Waals surface area contributed by atoms with Crippen LogP contribution in [0.15, 0.2) is 46.9 Å². The molecule has 3 rings (SSSR count).